The fraction of sp³-hybridized carbons (Fsp3) is 0.400. The molecule has 2 heterocycles. The number of carbonyl (C=O) groups is 2. The fourth-order valence-corrected chi connectivity index (χ4v) is 3.36. The standard InChI is InChI=1S/C15H16F3N5O3S/c16-15(17,18)26-8-1-2-9-11(5-8)27-14(22-9)23-12(24)7-21-13(25)10-6-19-3-4-20-10/h1-2,5,10,19-20H,3-4,6-7H2,(H,21,25)(H,22,23,24). The van der Waals surface area contributed by atoms with Crippen LogP contribution in [-0.2, 0) is 9.59 Å². The van der Waals surface area contributed by atoms with Crippen molar-refractivity contribution in [2.24, 2.45) is 0 Å². The lowest BCUT2D eigenvalue weighted by Crippen LogP contribution is -2.56. The highest BCUT2D eigenvalue weighted by Gasteiger charge is 2.31. The van der Waals surface area contributed by atoms with Crippen LogP contribution in [0.5, 0.6) is 5.75 Å². The molecule has 12 heteroatoms. The van der Waals surface area contributed by atoms with Gasteiger partial charge in [-0.2, -0.15) is 0 Å². The van der Waals surface area contributed by atoms with Crippen LogP contribution in [0.2, 0.25) is 0 Å². The highest BCUT2D eigenvalue weighted by atomic mass is 32.1. The molecule has 1 aromatic heterocycles. The first-order valence-electron chi connectivity index (χ1n) is 7.98. The van der Waals surface area contributed by atoms with Crippen molar-refractivity contribution in [3.63, 3.8) is 0 Å². The number of hydrogen-bond donors (Lipinski definition) is 4. The van der Waals surface area contributed by atoms with Gasteiger partial charge in [0.1, 0.15) is 5.75 Å². The zero-order chi connectivity index (χ0) is 19.4. The summed E-state index contributed by atoms with van der Waals surface area (Å²) >= 11 is 1.00. The highest BCUT2D eigenvalue weighted by Crippen LogP contribution is 2.31. The number of halogens is 3. The minimum absolute atomic E-state index is 0.214. The Labute approximate surface area is 155 Å². The molecule has 146 valence electrons. The Bertz CT molecular complexity index is 836. The number of ether oxygens (including phenoxy) is 1. The summed E-state index contributed by atoms with van der Waals surface area (Å²) in [6, 6.07) is 3.30. The molecular weight excluding hydrogens is 387 g/mol. The first-order chi connectivity index (χ1) is 12.8. The average Bonchev–Trinajstić information content (AvgIpc) is 3.00. The maximum Gasteiger partial charge on any atom is 0.573 e. The van der Waals surface area contributed by atoms with E-state index in [0.717, 1.165) is 23.9 Å². The van der Waals surface area contributed by atoms with Crippen molar-refractivity contribution in [3.05, 3.63) is 18.2 Å². The van der Waals surface area contributed by atoms with Gasteiger partial charge in [-0.1, -0.05) is 11.3 Å². The Balaban J connectivity index is 1.55. The summed E-state index contributed by atoms with van der Waals surface area (Å²) in [5.41, 5.74) is 0.423. The highest BCUT2D eigenvalue weighted by molar-refractivity contribution is 7.22. The van der Waals surface area contributed by atoms with Crippen molar-refractivity contribution in [3.8, 4) is 5.75 Å². The van der Waals surface area contributed by atoms with Gasteiger partial charge in [0, 0.05) is 25.7 Å². The SMILES string of the molecule is O=C(CNC(=O)C1CNCCN1)Nc1nc2ccc(OC(F)(F)F)cc2s1. The minimum atomic E-state index is -4.78. The van der Waals surface area contributed by atoms with E-state index in [0.29, 0.717) is 23.3 Å². The van der Waals surface area contributed by atoms with Gasteiger partial charge in [0.25, 0.3) is 0 Å². The van der Waals surface area contributed by atoms with Crippen LogP contribution in [0.25, 0.3) is 10.2 Å². The number of thiazole rings is 1. The minimum Gasteiger partial charge on any atom is -0.406 e. The third-order valence-corrected chi connectivity index (χ3v) is 4.55. The summed E-state index contributed by atoms with van der Waals surface area (Å²) in [7, 11) is 0. The zero-order valence-corrected chi connectivity index (χ0v) is 14.7. The van der Waals surface area contributed by atoms with E-state index in [4.69, 9.17) is 0 Å². The molecule has 1 aromatic carbocycles. The number of rotatable bonds is 5. The van der Waals surface area contributed by atoms with E-state index < -0.39 is 18.3 Å². The van der Waals surface area contributed by atoms with Gasteiger partial charge in [-0.05, 0) is 12.1 Å². The molecule has 0 saturated carbocycles. The number of carbonyl (C=O) groups excluding carboxylic acids is 2. The summed E-state index contributed by atoms with van der Waals surface area (Å²) in [5, 5.41) is 11.3. The number of anilines is 1. The van der Waals surface area contributed by atoms with Crippen LogP contribution >= 0.6 is 11.3 Å². The lowest BCUT2D eigenvalue weighted by atomic mass is 10.2. The maximum absolute atomic E-state index is 12.3. The second-order valence-electron chi connectivity index (χ2n) is 5.67. The third-order valence-electron chi connectivity index (χ3n) is 3.62. The molecule has 8 nitrogen and oxygen atoms in total. The third kappa shape index (κ3) is 5.52. The van der Waals surface area contributed by atoms with Gasteiger partial charge in [0.05, 0.1) is 22.8 Å². The molecule has 0 radical (unpaired) electrons. The summed E-state index contributed by atoms with van der Waals surface area (Å²) in [6.45, 7) is 1.68. The molecule has 1 fully saturated rings. The number of alkyl halides is 3. The van der Waals surface area contributed by atoms with E-state index in [1.54, 1.807) is 0 Å². The molecule has 3 rings (SSSR count). The van der Waals surface area contributed by atoms with Gasteiger partial charge in [-0.15, -0.1) is 13.2 Å². The molecule has 1 unspecified atom stereocenters. The predicted molar refractivity (Wildman–Crippen MR) is 92.6 cm³/mol. The topological polar surface area (TPSA) is 104 Å². The molecule has 27 heavy (non-hydrogen) atoms. The van der Waals surface area contributed by atoms with E-state index >= 15 is 0 Å². The lowest BCUT2D eigenvalue weighted by molar-refractivity contribution is -0.274. The smallest absolute Gasteiger partial charge is 0.406 e. The Morgan fingerprint density at radius 3 is 2.85 bits per heavy atom. The van der Waals surface area contributed by atoms with E-state index in [2.05, 4.69) is 31.0 Å². The van der Waals surface area contributed by atoms with E-state index in [1.165, 1.54) is 12.1 Å². The number of nitrogens with zero attached hydrogens (tertiary/aromatic N) is 1. The maximum atomic E-state index is 12.3. The molecular formula is C15H16F3N5O3S. The van der Waals surface area contributed by atoms with E-state index in [1.807, 2.05) is 0 Å². The number of amides is 2. The normalized spacial score (nSPS) is 17.5. The van der Waals surface area contributed by atoms with Crippen LogP contribution in [0.4, 0.5) is 18.3 Å². The quantitative estimate of drug-likeness (QED) is 0.589. The summed E-state index contributed by atoms with van der Waals surface area (Å²) in [4.78, 5) is 28.0. The fourth-order valence-electron chi connectivity index (χ4n) is 2.45. The monoisotopic (exact) mass is 403 g/mol. The summed E-state index contributed by atoms with van der Waals surface area (Å²) in [6.07, 6.45) is -4.78. The van der Waals surface area contributed by atoms with Crippen molar-refractivity contribution in [1.82, 2.24) is 20.9 Å². The molecule has 0 bridgehead atoms. The van der Waals surface area contributed by atoms with Crippen molar-refractivity contribution < 1.29 is 27.5 Å². The molecule has 0 spiro atoms. The average molecular weight is 403 g/mol. The number of aromatic nitrogens is 1. The number of nitrogens with one attached hydrogen (secondary N) is 4. The largest absolute Gasteiger partial charge is 0.573 e. The Morgan fingerprint density at radius 2 is 2.15 bits per heavy atom. The Kier molecular flexibility index (Phi) is 5.77. The second-order valence-corrected chi connectivity index (χ2v) is 6.70. The van der Waals surface area contributed by atoms with Gasteiger partial charge in [0.2, 0.25) is 11.8 Å². The second kappa shape index (κ2) is 8.06. The van der Waals surface area contributed by atoms with Crippen LogP contribution < -0.4 is 26.0 Å². The van der Waals surface area contributed by atoms with Gasteiger partial charge in [-0.3, -0.25) is 9.59 Å². The number of fused-ring (bicyclic) bond motifs is 1. The van der Waals surface area contributed by atoms with Crippen molar-refractivity contribution >= 4 is 38.5 Å². The first kappa shape index (κ1) is 19.3. The zero-order valence-electron chi connectivity index (χ0n) is 13.9. The Hall–Kier alpha value is -2.44. The molecule has 1 aliphatic rings. The van der Waals surface area contributed by atoms with E-state index in [-0.39, 0.29) is 23.3 Å². The molecule has 1 aliphatic heterocycles. The molecule has 2 amide bonds. The molecule has 2 aromatic rings. The van der Waals surface area contributed by atoms with Crippen LogP contribution in [0.15, 0.2) is 18.2 Å². The lowest BCUT2D eigenvalue weighted by Gasteiger charge is -2.23. The predicted octanol–water partition coefficient (Wildman–Crippen LogP) is 0.811. The molecule has 1 atom stereocenters. The van der Waals surface area contributed by atoms with Gasteiger partial charge < -0.3 is 26.0 Å². The van der Waals surface area contributed by atoms with Crippen molar-refractivity contribution in [1.29, 1.82) is 0 Å². The molecule has 1 saturated heterocycles. The van der Waals surface area contributed by atoms with Crippen LogP contribution in [0, 0.1) is 0 Å². The number of hydrogen-bond acceptors (Lipinski definition) is 7. The molecule has 0 aliphatic carbocycles. The van der Waals surface area contributed by atoms with Gasteiger partial charge >= 0.3 is 6.36 Å². The van der Waals surface area contributed by atoms with Crippen molar-refractivity contribution in [2.75, 3.05) is 31.5 Å². The van der Waals surface area contributed by atoms with Crippen LogP contribution in [-0.4, -0.2) is 55.4 Å². The first-order valence-corrected chi connectivity index (χ1v) is 8.80. The summed E-state index contributed by atoms with van der Waals surface area (Å²) in [5.74, 6) is -1.15. The van der Waals surface area contributed by atoms with Crippen molar-refractivity contribution in [2.45, 2.75) is 12.4 Å². The number of benzene rings is 1. The van der Waals surface area contributed by atoms with Gasteiger partial charge in [0.15, 0.2) is 5.13 Å². The van der Waals surface area contributed by atoms with Crippen LogP contribution in [0.3, 0.4) is 0 Å². The Morgan fingerprint density at radius 1 is 1.33 bits per heavy atom. The van der Waals surface area contributed by atoms with E-state index in [9.17, 15) is 22.8 Å². The number of piperazine rings is 1. The van der Waals surface area contributed by atoms with Gasteiger partial charge in [-0.25, -0.2) is 4.98 Å². The van der Waals surface area contributed by atoms with Crippen LogP contribution in [0.1, 0.15) is 0 Å². The molecule has 4 N–H and O–H groups in total. The summed E-state index contributed by atoms with van der Waals surface area (Å²) < 4.78 is 41.1.